The number of phenols is 1. The second kappa shape index (κ2) is 12.5. The van der Waals surface area contributed by atoms with Gasteiger partial charge in [-0.05, 0) is 30.7 Å². The lowest BCUT2D eigenvalue weighted by molar-refractivity contribution is -0.308. The van der Waals surface area contributed by atoms with Crippen molar-refractivity contribution in [3.05, 3.63) is 23.8 Å². The predicted molar refractivity (Wildman–Crippen MR) is 118 cm³/mol. The number of carbonyl (C=O) groups is 1. The molecular weight excluding hydrogens is 472 g/mol. The van der Waals surface area contributed by atoms with Crippen LogP contribution in [0, 0.1) is 0 Å². The topological polar surface area (TPSA) is 205 Å². The van der Waals surface area contributed by atoms with Crippen LogP contribution in [-0.2, 0) is 19.0 Å². The maximum Gasteiger partial charge on any atom is 0.330 e. The molecule has 1 aromatic carbocycles. The van der Waals surface area contributed by atoms with Crippen molar-refractivity contribution < 1.29 is 64.2 Å². The fourth-order valence-corrected chi connectivity index (χ4v) is 3.05. The standard InChI is InChI=1S/C22H32O13/c1-22(30,10-23)15(24)9-34-21-20(29)19(28)18(27)14(35-21)8-33-16(25)5-4-11-6-12(31-2)17(26)13(7-11)32-3/h4-7,14-15,18-21,23-24,26-30H,8-10H2,1-3H3. The van der Waals surface area contributed by atoms with Crippen LogP contribution in [0.4, 0.5) is 0 Å². The second-order valence-corrected chi connectivity index (χ2v) is 8.12. The molecule has 0 bridgehead atoms. The van der Waals surface area contributed by atoms with E-state index in [1.807, 2.05) is 0 Å². The van der Waals surface area contributed by atoms with Gasteiger partial charge >= 0.3 is 5.97 Å². The van der Waals surface area contributed by atoms with E-state index >= 15 is 0 Å². The van der Waals surface area contributed by atoms with Crippen molar-refractivity contribution in [3.63, 3.8) is 0 Å². The Hall–Kier alpha value is -2.49. The Bertz CT molecular complexity index is 846. The summed E-state index contributed by atoms with van der Waals surface area (Å²) in [5.41, 5.74) is -1.43. The molecular formula is C22H32O13. The number of carbonyl (C=O) groups excluding carboxylic acids is 1. The fraction of sp³-hybridized carbons (Fsp3) is 0.591. The Kier molecular flexibility index (Phi) is 10.2. The van der Waals surface area contributed by atoms with Crippen LogP contribution in [0.25, 0.3) is 6.08 Å². The molecule has 13 heteroatoms. The van der Waals surface area contributed by atoms with Gasteiger partial charge in [0, 0.05) is 6.08 Å². The normalized spacial score (nSPS) is 27.3. The molecule has 1 aliphatic heterocycles. The van der Waals surface area contributed by atoms with Crippen molar-refractivity contribution in [3.8, 4) is 17.2 Å². The minimum absolute atomic E-state index is 0.125. The van der Waals surface area contributed by atoms with E-state index in [1.54, 1.807) is 0 Å². The van der Waals surface area contributed by atoms with Gasteiger partial charge in [0.15, 0.2) is 17.8 Å². The van der Waals surface area contributed by atoms with Gasteiger partial charge in [-0.2, -0.15) is 0 Å². The maximum atomic E-state index is 12.1. The van der Waals surface area contributed by atoms with E-state index in [1.165, 1.54) is 32.4 Å². The van der Waals surface area contributed by atoms with Gasteiger partial charge in [-0.25, -0.2) is 4.79 Å². The molecule has 2 rings (SSSR count). The number of aliphatic hydroxyl groups is 6. The molecule has 0 saturated carbocycles. The first-order valence-corrected chi connectivity index (χ1v) is 10.6. The SMILES string of the molecule is COc1cc(C=CC(=O)OCC2OC(OCC(O)C(C)(O)CO)C(O)C(O)C2O)cc(OC)c1O. The highest BCUT2D eigenvalue weighted by molar-refractivity contribution is 5.87. The highest BCUT2D eigenvalue weighted by atomic mass is 16.7. The summed E-state index contributed by atoms with van der Waals surface area (Å²) < 4.78 is 25.7. The number of hydrogen-bond donors (Lipinski definition) is 7. The first kappa shape index (κ1) is 28.7. The number of esters is 1. The van der Waals surface area contributed by atoms with Crippen LogP contribution in [0.1, 0.15) is 12.5 Å². The highest BCUT2D eigenvalue weighted by Gasteiger charge is 2.45. The minimum Gasteiger partial charge on any atom is -0.502 e. The lowest BCUT2D eigenvalue weighted by Gasteiger charge is -2.40. The summed E-state index contributed by atoms with van der Waals surface area (Å²) in [5, 5.41) is 69.1. The third-order valence-corrected chi connectivity index (χ3v) is 5.43. The average molecular weight is 504 g/mol. The van der Waals surface area contributed by atoms with Crippen LogP contribution in [0.3, 0.4) is 0 Å². The third kappa shape index (κ3) is 7.25. The molecule has 13 nitrogen and oxygen atoms in total. The molecule has 35 heavy (non-hydrogen) atoms. The molecule has 1 heterocycles. The Labute approximate surface area is 201 Å². The van der Waals surface area contributed by atoms with Gasteiger partial charge in [-0.3, -0.25) is 0 Å². The van der Waals surface area contributed by atoms with E-state index < -0.39 is 68.2 Å². The van der Waals surface area contributed by atoms with Crippen molar-refractivity contribution in [2.24, 2.45) is 0 Å². The highest BCUT2D eigenvalue weighted by Crippen LogP contribution is 2.37. The van der Waals surface area contributed by atoms with E-state index in [4.69, 9.17) is 28.8 Å². The molecule has 1 aromatic rings. The van der Waals surface area contributed by atoms with Crippen LogP contribution < -0.4 is 9.47 Å². The van der Waals surface area contributed by atoms with Crippen molar-refractivity contribution in [2.75, 3.05) is 34.0 Å². The molecule has 1 saturated heterocycles. The fourth-order valence-electron chi connectivity index (χ4n) is 3.05. The smallest absolute Gasteiger partial charge is 0.330 e. The van der Waals surface area contributed by atoms with Gasteiger partial charge in [0.2, 0.25) is 5.75 Å². The third-order valence-electron chi connectivity index (χ3n) is 5.43. The van der Waals surface area contributed by atoms with E-state index in [0.717, 1.165) is 13.0 Å². The van der Waals surface area contributed by atoms with E-state index in [-0.39, 0.29) is 17.2 Å². The zero-order valence-corrected chi connectivity index (χ0v) is 19.5. The van der Waals surface area contributed by atoms with Crippen LogP contribution in [0.5, 0.6) is 17.2 Å². The predicted octanol–water partition coefficient (Wildman–Crippen LogP) is -2.11. The molecule has 0 amide bonds. The Morgan fingerprint density at radius 1 is 1.14 bits per heavy atom. The van der Waals surface area contributed by atoms with Crippen molar-refractivity contribution in [1.82, 2.24) is 0 Å². The van der Waals surface area contributed by atoms with Gasteiger partial charge in [-0.15, -0.1) is 0 Å². The number of benzene rings is 1. The molecule has 0 radical (unpaired) electrons. The molecule has 1 fully saturated rings. The molecule has 7 atom stereocenters. The zero-order valence-electron chi connectivity index (χ0n) is 19.5. The molecule has 7 unspecified atom stereocenters. The summed E-state index contributed by atoms with van der Waals surface area (Å²) in [7, 11) is 2.70. The van der Waals surface area contributed by atoms with Crippen LogP contribution in [-0.4, -0.2) is 118 Å². The number of aliphatic hydroxyl groups excluding tert-OH is 5. The van der Waals surface area contributed by atoms with Crippen molar-refractivity contribution in [1.29, 1.82) is 0 Å². The maximum absolute atomic E-state index is 12.1. The molecule has 7 N–H and O–H groups in total. The summed E-state index contributed by atoms with van der Waals surface area (Å²) in [5.74, 6) is -0.789. The summed E-state index contributed by atoms with van der Waals surface area (Å²) in [6.07, 6.45) is -7.00. The summed E-state index contributed by atoms with van der Waals surface area (Å²) in [4.78, 5) is 12.1. The molecule has 198 valence electrons. The summed E-state index contributed by atoms with van der Waals surface area (Å²) >= 11 is 0. The molecule has 0 spiro atoms. The zero-order chi connectivity index (χ0) is 26.3. The Morgan fingerprint density at radius 2 is 1.74 bits per heavy atom. The van der Waals surface area contributed by atoms with Crippen LogP contribution in [0.15, 0.2) is 18.2 Å². The number of ether oxygens (including phenoxy) is 5. The van der Waals surface area contributed by atoms with Gasteiger partial charge in [0.25, 0.3) is 0 Å². The minimum atomic E-state index is -1.88. The molecule has 0 aromatic heterocycles. The van der Waals surface area contributed by atoms with E-state index in [0.29, 0.717) is 5.56 Å². The molecule has 0 aliphatic carbocycles. The average Bonchev–Trinajstić information content (AvgIpc) is 2.85. The van der Waals surface area contributed by atoms with Crippen LogP contribution >= 0.6 is 0 Å². The number of phenolic OH excluding ortho intramolecular Hbond substituents is 1. The lowest BCUT2D eigenvalue weighted by atomic mass is 9.99. The van der Waals surface area contributed by atoms with Gasteiger partial charge in [0.1, 0.15) is 42.7 Å². The second-order valence-electron chi connectivity index (χ2n) is 8.12. The van der Waals surface area contributed by atoms with Gasteiger partial charge in [-0.1, -0.05) is 0 Å². The first-order valence-electron chi connectivity index (χ1n) is 10.6. The number of hydrogen-bond acceptors (Lipinski definition) is 13. The van der Waals surface area contributed by atoms with Crippen molar-refractivity contribution >= 4 is 12.0 Å². The summed E-state index contributed by atoms with van der Waals surface area (Å²) in [6.45, 7) is -0.694. The van der Waals surface area contributed by atoms with Crippen molar-refractivity contribution in [2.45, 2.75) is 49.3 Å². The lowest BCUT2D eigenvalue weighted by Crippen LogP contribution is -2.60. The summed E-state index contributed by atoms with van der Waals surface area (Å²) in [6, 6.07) is 2.91. The van der Waals surface area contributed by atoms with E-state index in [2.05, 4.69) is 0 Å². The van der Waals surface area contributed by atoms with E-state index in [9.17, 15) is 35.4 Å². The van der Waals surface area contributed by atoms with Crippen LogP contribution in [0.2, 0.25) is 0 Å². The Balaban J connectivity index is 1.98. The Morgan fingerprint density at radius 3 is 2.29 bits per heavy atom. The number of rotatable bonds is 11. The largest absolute Gasteiger partial charge is 0.502 e. The number of aromatic hydroxyl groups is 1. The monoisotopic (exact) mass is 504 g/mol. The quantitative estimate of drug-likeness (QED) is 0.127. The number of methoxy groups -OCH3 is 2. The van der Waals surface area contributed by atoms with Gasteiger partial charge in [0.05, 0.1) is 27.4 Å². The van der Waals surface area contributed by atoms with Gasteiger partial charge < -0.3 is 59.4 Å². The first-order chi connectivity index (χ1) is 16.4. The molecule has 1 aliphatic rings.